The van der Waals surface area contributed by atoms with Crippen molar-refractivity contribution in [1.82, 2.24) is 0 Å². The van der Waals surface area contributed by atoms with Gasteiger partial charge in [0.25, 0.3) is 5.69 Å². The van der Waals surface area contributed by atoms with Crippen molar-refractivity contribution in [3.63, 3.8) is 0 Å². The summed E-state index contributed by atoms with van der Waals surface area (Å²) in [5.74, 6) is 0.0355. The van der Waals surface area contributed by atoms with Gasteiger partial charge in [0.2, 0.25) is 0 Å². The van der Waals surface area contributed by atoms with Crippen LogP contribution in [0.5, 0.6) is 0 Å². The predicted octanol–water partition coefficient (Wildman–Crippen LogP) is 4.99. The number of halogens is 1. The van der Waals surface area contributed by atoms with Crippen molar-refractivity contribution in [2.45, 2.75) is 34.2 Å². The van der Waals surface area contributed by atoms with E-state index in [1.54, 1.807) is 13.0 Å². The van der Waals surface area contributed by atoms with Crippen LogP contribution in [0.15, 0.2) is 24.3 Å². The van der Waals surface area contributed by atoms with E-state index in [-0.39, 0.29) is 16.5 Å². The highest BCUT2D eigenvalue weighted by Crippen LogP contribution is 2.28. The van der Waals surface area contributed by atoms with Gasteiger partial charge in [-0.05, 0) is 62.1 Å². The molecule has 0 saturated carbocycles. The number of nitro groups is 1. The molecule has 24 heavy (non-hydrogen) atoms. The van der Waals surface area contributed by atoms with Gasteiger partial charge < -0.3 is 5.32 Å². The summed E-state index contributed by atoms with van der Waals surface area (Å²) < 4.78 is 0. The van der Waals surface area contributed by atoms with Gasteiger partial charge in [0.1, 0.15) is 5.02 Å². The number of nitrogens with one attached hydrogen (secondary N) is 1. The van der Waals surface area contributed by atoms with Crippen LogP contribution in [0.3, 0.4) is 0 Å². The van der Waals surface area contributed by atoms with E-state index >= 15 is 0 Å². The molecule has 0 unspecified atom stereocenters. The fourth-order valence-corrected chi connectivity index (χ4v) is 3.18. The molecule has 126 valence electrons. The lowest BCUT2D eigenvalue weighted by molar-refractivity contribution is -0.384. The average Bonchev–Trinajstić information content (AvgIpc) is 2.47. The normalized spacial score (nSPS) is 10.5. The van der Waals surface area contributed by atoms with Crippen molar-refractivity contribution >= 4 is 28.8 Å². The standard InChI is InChI=1S/C18H19ClN2O3/c1-10-7-11(2)18(13(4)22)12(3)15(10)9-20-14-5-6-16(19)17(8-14)21(23)24/h5-8,20H,9H2,1-4H3. The lowest BCUT2D eigenvalue weighted by atomic mass is 9.91. The molecule has 0 atom stereocenters. The van der Waals surface area contributed by atoms with E-state index in [0.29, 0.717) is 12.2 Å². The summed E-state index contributed by atoms with van der Waals surface area (Å²) in [5, 5.41) is 14.2. The number of carbonyl (C=O) groups excluding carboxylic acids is 1. The summed E-state index contributed by atoms with van der Waals surface area (Å²) in [4.78, 5) is 22.3. The number of aryl methyl sites for hydroxylation is 2. The number of ketones is 1. The second kappa shape index (κ2) is 7.01. The first-order chi connectivity index (χ1) is 11.2. The van der Waals surface area contributed by atoms with E-state index in [1.807, 2.05) is 26.8 Å². The lowest BCUT2D eigenvalue weighted by Gasteiger charge is -2.17. The van der Waals surface area contributed by atoms with E-state index in [4.69, 9.17) is 11.6 Å². The molecule has 0 aromatic heterocycles. The Kier molecular flexibility index (Phi) is 5.24. The van der Waals surface area contributed by atoms with Crippen LogP contribution in [0.1, 0.15) is 39.5 Å². The lowest BCUT2D eigenvalue weighted by Crippen LogP contribution is -2.09. The van der Waals surface area contributed by atoms with Crippen LogP contribution in [-0.4, -0.2) is 10.7 Å². The SMILES string of the molecule is CC(=O)c1c(C)cc(C)c(CNc2ccc(Cl)c([N+](=O)[O-])c2)c1C. The third-order valence-corrected chi connectivity index (χ3v) is 4.41. The van der Waals surface area contributed by atoms with Gasteiger partial charge >= 0.3 is 0 Å². The van der Waals surface area contributed by atoms with E-state index < -0.39 is 4.92 Å². The first-order valence-electron chi connectivity index (χ1n) is 7.50. The van der Waals surface area contributed by atoms with E-state index in [1.165, 1.54) is 12.1 Å². The molecule has 0 aliphatic heterocycles. The van der Waals surface area contributed by atoms with Crippen molar-refractivity contribution in [2.75, 3.05) is 5.32 Å². The molecule has 2 aromatic carbocycles. The molecule has 2 rings (SSSR count). The molecule has 0 fully saturated rings. The molecule has 0 heterocycles. The maximum Gasteiger partial charge on any atom is 0.289 e. The highest BCUT2D eigenvalue weighted by atomic mass is 35.5. The number of anilines is 1. The Hall–Kier alpha value is -2.40. The molecule has 6 heteroatoms. The smallest absolute Gasteiger partial charge is 0.289 e. The van der Waals surface area contributed by atoms with E-state index in [9.17, 15) is 14.9 Å². The third-order valence-electron chi connectivity index (χ3n) is 4.10. The van der Waals surface area contributed by atoms with Gasteiger partial charge in [-0.15, -0.1) is 0 Å². The number of Topliss-reactive ketones (excluding diaryl/α,β-unsaturated/α-hetero) is 1. The quantitative estimate of drug-likeness (QED) is 0.470. The van der Waals surface area contributed by atoms with Crippen LogP contribution in [-0.2, 0) is 6.54 Å². The molecule has 0 spiro atoms. The van der Waals surface area contributed by atoms with Gasteiger partial charge in [0.05, 0.1) is 4.92 Å². The number of rotatable bonds is 5. The number of nitro benzene ring substituents is 1. The van der Waals surface area contributed by atoms with Crippen LogP contribution >= 0.6 is 11.6 Å². The molecule has 0 saturated heterocycles. The maximum absolute atomic E-state index is 11.9. The molecular weight excluding hydrogens is 328 g/mol. The summed E-state index contributed by atoms with van der Waals surface area (Å²) in [6.45, 7) is 7.88. The fraction of sp³-hybridized carbons (Fsp3) is 0.278. The highest BCUT2D eigenvalue weighted by molar-refractivity contribution is 6.32. The number of carbonyl (C=O) groups is 1. The first-order valence-corrected chi connectivity index (χ1v) is 7.88. The van der Waals surface area contributed by atoms with Gasteiger partial charge in [-0.3, -0.25) is 14.9 Å². The summed E-state index contributed by atoms with van der Waals surface area (Å²) in [6.07, 6.45) is 0. The monoisotopic (exact) mass is 346 g/mol. The van der Waals surface area contributed by atoms with Gasteiger partial charge in [-0.1, -0.05) is 17.7 Å². The van der Waals surface area contributed by atoms with Gasteiger partial charge in [-0.2, -0.15) is 0 Å². The third kappa shape index (κ3) is 3.57. The zero-order valence-corrected chi connectivity index (χ0v) is 14.8. The molecule has 0 amide bonds. The molecule has 2 aromatic rings. The van der Waals surface area contributed by atoms with Crippen molar-refractivity contribution < 1.29 is 9.72 Å². The number of hydrogen-bond acceptors (Lipinski definition) is 4. The molecule has 5 nitrogen and oxygen atoms in total. The van der Waals surface area contributed by atoms with Crippen LogP contribution in [0.25, 0.3) is 0 Å². The Bertz CT molecular complexity index is 831. The topological polar surface area (TPSA) is 72.2 Å². The second-order valence-corrected chi connectivity index (χ2v) is 6.23. The van der Waals surface area contributed by atoms with Gasteiger partial charge in [0, 0.05) is 23.9 Å². The summed E-state index contributed by atoms with van der Waals surface area (Å²) >= 11 is 5.82. The molecule has 0 aliphatic rings. The van der Waals surface area contributed by atoms with Crippen molar-refractivity contribution in [3.05, 3.63) is 67.2 Å². The fourth-order valence-electron chi connectivity index (χ4n) is 2.99. The summed E-state index contributed by atoms with van der Waals surface area (Å²) in [5.41, 5.74) is 5.20. The molecule has 0 bridgehead atoms. The number of benzene rings is 2. The Labute approximate surface area is 145 Å². The van der Waals surface area contributed by atoms with Crippen LogP contribution in [0, 0.1) is 30.9 Å². The second-order valence-electron chi connectivity index (χ2n) is 5.82. The zero-order chi connectivity index (χ0) is 18.0. The Morgan fingerprint density at radius 3 is 2.46 bits per heavy atom. The van der Waals surface area contributed by atoms with Crippen LogP contribution < -0.4 is 5.32 Å². The van der Waals surface area contributed by atoms with Crippen molar-refractivity contribution in [2.24, 2.45) is 0 Å². The molecule has 1 N–H and O–H groups in total. The minimum Gasteiger partial charge on any atom is -0.381 e. The first kappa shape index (κ1) is 17.9. The zero-order valence-electron chi connectivity index (χ0n) is 14.1. The van der Waals surface area contributed by atoms with E-state index in [0.717, 1.165) is 27.8 Å². The molecule has 0 radical (unpaired) electrons. The van der Waals surface area contributed by atoms with Crippen molar-refractivity contribution in [1.29, 1.82) is 0 Å². The maximum atomic E-state index is 11.9. The number of hydrogen-bond donors (Lipinski definition) is 1. The minimum atomic E-state index is -0.510. The highest BCUT2D eigenvalue weighted by Gasteiger charge is 2.15. The predicted molar refractivity (Wildman–Crippen MR) is 96.1 cm³/mol. The van der Waals surface area contributed by atoms with Crippen LogP contribution in [0.2, 0.25) is 5.02 Å². The Balaban J connectivity index is 2.33. The Morgan fingerprint density at radius 1 is 1.21 bits per heavy atom. The van der Waals surface area contributed by atoms with Crippen LogP contribution in [0.4, 0.5) is 11.4 Å². The Morgan fingerprint density at radius 2 is 1.88 bits per heavy atom. The summed E-state index contributed by atoms with van der Waals surface area (Å²) in [6, 6.07) is 6.59. The van der Waals surface area contributed by atoms with Crippen molar-refractivity contribution in [3.8, 4) is 0 Å². The minimum absolute atomic E-state index is 0.0355. The summed E-state index contributed by atoms with van der Waals surface area (Å²) in [7, 11) is 0. The molecular formula is C18H19ClN2O3. The van der Waals surface area contributed by atoms with Gasteiger partial charge in [0.15, 0.2) is 5.78 Å². The average molecular weight is 347 g/mol. The largest absolute Gasteiger partial charge is 0.381 e. The van der Waals surface area contributed by atoms with Gasteiger partial charge in [-0.25, -0.2) is 0 Å². The number of nitrogens with zero attached hydrogens (tertiary/aromatic N) is 1. The molecule has 0 aliphatic carbocycles. The van der Waals surface area contributed by atoms with E-state index in [2.05, 4.69) is 5.32 Å².